The molecule has 2 heterocycles. The second-order valence-corrected chi connectivity index (χ2v) is 7.50. The molecule has 0 atom stereocenters. The third kappa shape index (κ3) is 2.15. The van der Waals surface area contributed by atoms with Crippen molar-refractivity contribution in [3.8, 4) is 11.6 Å². The number of ketones is 1. The van der Waals surface area contributed by atoms with Crippen LogP contribution in [-0.4, -0.2) is 15.8 Å². The van der Waals surface area contributed by atoms with Crippen LogP contribution in [0.15, 0.2) is 24.5 Å². The van der Waals surface area contributed by atoms with Gasteiger partial charge in [-0.1, -0.05) is 0 Å². The third-order valence-corrected chi connectivity index (χ3v) is 6.13. The van der Waals surface area contributed by atoms with E-state index < -0.39 is 0 Å². The fraction of sp³-hybridized carbons (Fsp3) is 0.316. The lowest BCUT2D eigenvalue weighted by Gasteiger charge is -2.12. The summed E-state index contributed by atoms with van der Waals surface area (Å²) in [5.41, 5.74) is 3.28. The highest BCUT2D eigenvalue weighted by atomic mass is 32.1. The van der Waals surface area contributed by atoms with Gasteiger partial charge >= 0.3 is 0 Å². The Bertz CT molecular complexity index is 977. The maximum absolute atomic E-state index is 11.8. The SMILES string of the molecule is O=C1CCc2cc(Oc3ncnc4sc5c(c34)CCCC5)ccc21. The quantitative estimate of drug-likeness (QED) is 0.692. The molecule has 0 saturated carbocycles. The van der Waals surface area contributed by atoms with Gasteiger partial charge in [-0.15, -0.1) is 11.3 Å². The average molecular weight is 336 g/mol. The van der Waals surface area contributed by atoms with Gasteiger partial charge in [0.15, 0.2) is 5.78 Å². The van der Waals surface area contributed by atoms with E-state index in [0.717, 1.165) is 46.4 Å². The fourth-order valence-electron chi connectivity index (χ4n) is 3.75. The van der Waals surface area contributed by atoms with Crippen LogP contribution < -0.4 is 4.74 Å². The van der Waals surface area contributed by atoms with Gasteiger partial charge in [-0.3, -0.25) is 4.79 Å². The molecule has 0 bridgehead atoms. The molecule has 4 nitrogen and oxygen atoms in total. The first-order valence-electron chi connectivity index (χ1n) is 8.39. The van der Waals surface area contributed by atoms with Gasteiger partial charge in [0.1, 0.15) is 16.9 Å². The largest absolute Gasteiger partial charge is 0.438 e. The summed E-state index contributed by atoms with van der Waals surface area (Å²) in [6.07, 6.45) is 7.68. The summed E-state index contributed by atoms with van der Waals surface area (Å²) in [5.74, 6) is 1.62. The van der Waals surface area contributed by atoms with Crippen molar-refractivity contribution in [1.29, 1.82) is 0 Å². The lowest BCUT2D eigenvalue weighted by molar-refractivity contribution is 0.0994. The van der Waals surface area contributed by atoms with Crippen molar-refractivity contribution in [3.63, 3.8) is 0 Å². The highest BCUT2D eigenvalue weighted by molar-refractivity contribution is 7.18. The second kappa shape index (κ2) is 5.38. The van der Waals surface area contributed by atoms with E-state index in [2.05, 4.69) is 9.97 Å². The fourth-order valence-corrected chi connectivity index (χ4v) is 4.97. The van der Waals surface area contributed by atoms with E-state index in [1.807, 2.05) is 18.2 Å². The Kier molecular flexibility index (Phi) is 3.16. The van der Waals surface area contributed by atoms with Crippen LogP contribution in [0.5, 0.6) is 11.6 Å². The van der Waals surface area contributed by atoms with Gasteiger partial charge < -0.3 is 4.74 Å². The van der Waals surface area contributed by atoms with Crippen molar-refractivity contribution >= 4 is 27.3 Å². The van der Waals surface area contributed by atoms with Gasteiger partial charge in [0.2, 0.25) is 5.88 Å². The Balaban J connectivity index is 1.58. The number of nitrogens with zero attached hydrogens (tertiary/aromatic N) is 2. The van der Waals surface area contributed by atoms with Crippen LogP contribution in [0, 0.1) is 0 Å². The minimum atomic E-state index is 0.230. The van der Waals surface area contributed by atoms with Crippen LogP contribution in [0.3, 0.4) is 0 Å². The number of carbonyl (C=O) groups excluding carboxylic acids is 1. The molecular weight excluding hydrogens is 320 g/mol. The number of aryl methyl sites for hydroxylation is 3. The van der Waals surface area contributed by atoms with E-state index in [-0.39, 0.29) is 5.78 Å². The summed E-state index contributed by atoms with van der Waals surface area (Å²) >= 11 is 1.77. The number of carbonyl (C=O) groups is 1. The first-order valence-corrected chi connectivity index (χ1v) is 9.20. The van der Waals surface area contributed by atoms with E-state index in [1.165, 1.54) is 23.3 Å². The van der Waals surface area contributed by atoms with E-state index in [4.69, 9.17) is 4.74 Å². The summed E-state index contributed by atoms with van der Waals surface area (Å²) in [6.45, 7) is 0. The molecule has 1 aromatic carbocycles. The highest BCUT2D eigenvalue weighted by Gasteiger charge is 2.22. The molecule has 5 rings (SSSR count). The molecular formula is C19H16N2O2S. The second-order valence-electron chi connectivity index (χ2n) is 6.41. The Labute approximate surface area is 143 Å². The number of benzene rings is 1. The molecule has 3 aromatic rings. The Morgan fingerprint density at radius 3 is 2.92 bits per heavy atom. The maximum atomic E-state index is 11.8. The smallest absolute Gasteiger partial charge is 0.231 e. The van der Waals surface area contributed by atoms with Crippen LogP contribution in [0.25, 0.3) is 10.2 Å². The molecule has 0 fully saturated rings. The number of hydrogen-bond acceptors (Lipinski definition) is 5. The lowest BCUT2D eigenvalue weighted by Crippen LogP contribution is -1.99. The van der Waals surface area contributed by atoms with Crippen molar-refractivity contribution in [2.24, 2.45) is 0 Å². The molecule has 2 aromatic heterocycles. The summed E-state index contributed by atoms with van der Waals surface area (Å²) in [6, 6.07) is 5.73. The van der Waals surface area contributed by atoms with Crippen LogP contribution in [-0.2, 0) is 19.3 Å². The maximum Gasteiger partial charge on any atom is 0.231 e. The van der Waals surface area contributed by atoms with Gasteiger partial charge in [-0.05, 0) is 61.4 Å². The monoisotopic (exact) mass is 336 g/mol. The predicted molar refractivity (Wildman–Crippen MR) is 93.2 cm³/mol. The van der Waals surface area contributed by atoms with Crippen LogP contribution >= 0.6 is 11.3 Å². The summed E-state index contributed by atoms with van der Waals surface area (Å²) in [5, 5.41) is 1.08. The molecule has 0 radical (unpaired) electrons. The van der Waals surface area contributed by atoms with Gasteiger partial charge in [-0.25, -0.2) is 9.97 Å². The first kappa shape index (κ1) is 14.1. The molecule has 0 amide bonds. The molecule has 24 heavy (non-hydrogen) atoms. The van der Waals surface area contributed by atoms with E-state index >= 15 is 0 Å². The first-order chi connectivity index (χ1) is 11.8. The minimum absolute atomic E-state index is 0.230. The van der Waals surface area contributed by atoms with Gasteiger partial charge in [0.05, 0.1) is 5.39 Å². The van der Waals surface area contributed by atoms with Crippen molar-refractivity contribution in [2.75, 3.05) is 0 Å². The zero-order valence-corrected chi connectivity index (χ0v) is 14.0. The minimum Gasteiger partial charge on any atom is -0.438 e. The molecule has 120 valence electrons. The number of aromatic nitrogens is 2. The van der Waals surface area contributed by atoms with Crippen LogP contribution in [0.4, 0.5) is 0 Å². The van der Waals surface area contributed by atoms with Crippen molar-refractivity contribution < 1.29 is 9.53 Å². The molecule has 2 aliphatic rings. The molecule has 0 unspecified atom stereocenters. The van der Waals surface area contributed by atoms with Gasteiger partial charge in [0, 0.05) is 16.9 Å². The standard InChI is InChI=1S/C19H16N2O2S/c22-15-8-5-11-9-12(6-7-13(11)15)23-18-17-14-3-1-2-4-16(14)24-19(17)21-10-20-18/h6-7,9-10H,1-5,8H2. The Morgan fingerprint density at radius 2 is 1.96 bits per heavy atom. The zero-order valence-electron chi connectivity index (χ0n) is 13.2. The molecule has 0 N–H and O–H groups in total. The summed E-state index contributed by atoms with van der Waals surface area (Å²) in [7, 11) is 0. The molecule has 5 heteroatoms. The number of thiophene rings is 1. The van der Waals surface area contributed by atoms with E-state index in [0.29, 0.717) is 12.3 Å². The average Bonchev–Trinajstić information content (AvgIpc) is 3.16. The topological polar surface area (TPSA) is 52.1 Å². The number of fused-ring (bicyclic) bond motifs is 4. The van der Waals surface area contributed by atoms with Crippen LogP contribution in [0.2, 0.25) is 0 Å². The van der Waals surface area contributed by atoms with Gasteiger partial charge in [0.25, 0.3) is 0 Å². The summed E-state index contributed by atoms with van der Waals surface area (Å²) in [4.78, 5) is 23.1. The summed E-state index contributed by atoms with van der Waals surface area (Å²) < 4.78 is 6.12. The van der Waals surface area contributed by atoms with Crippen molar-refractivity contribution in [2.45, 2.75) is 38.5 Å². The number of Topliss-reactive ketones (excluding diaryl/α,β-unsaturated/α-hetero) is 1. The van der Waals surface area contributed by atoms with E-state index in [9.17, 15) is 4.79 Å². The molecule has 0 spiro atoms. The van der Waals surface area contributed by atoms with Crippen molar-refractivity contribution in [1.82, 2.24) is 9.97 Å². The molecule has 0 aliphatic heterocycles. The Morgan fingerprint density at radius 1 is 1.04 bits per heavy atom. The van der Waals surface area contributed by atoms with Gasteiger partial charge in [-0.2, -0.15) is 0 Å². The number of rotatable bonds is 2. The normalized spacial score (nSPS) is 16.2. The Hall–Kier alpha value is -2.27. The highest BCUT2D eigenvalue weighted by Crippen LogP contribution is 2.40. The third-order valence-electron chi connectivity index (χ3n) is 4.93. The molecule has 0 saturated heterocycles. The van der Waals surface area contributed by atoms with Crippen molar-refractivity contribution in [3.05, 3.63) is 46.1 Å². The predicted octanol–water partition coefficient (Wildman–Crippen LogP) is 4.49. The van der Waals surface area contributed by atoms with E-state index in [1.54, 1.807) is 17.7 Å². The van der Waals surface area contributed by atoms with Crippen LogP contribution in [0.1, 0.15) is 45.6 Å². The number of hydrogen-bond donors (Lipinski definition) is 0. The lowest BCUT2D eigenvalue weighted by atomic mass is 9.97. The molecule has 2 aliphatic carbocycles. The zero-order chi connectivity index (χ0) is 16.1. The number of ether oxygens (including phenoxy) is 1.